The maximum Gasteiger partial charge on any atom is 0.217 e. The van der Waals surface area contributed by atoms with E-state index < -0.39 is 0 Å². The number of aromatic nitrogens is 2. The summed E-state index contributed by atoms with van der Waals surface area (Å²) in [5.74, 6) is -0.0696. The number of rotatable bonds is 7. The molecule has 0 aliphatic heterocycles. The molecule has 2 unspecified atom stereocenters. The number of benzene rings is 3. The smallest absolute Gasteiger partial charge is 0.217 e. The van der Waals surface area contributed by atoms with Gasteiger partial charge in [-0.15, -0.1) is 0 Å². The van der Waals surface area contributed by atoms with Crippen LogP contribution >= 0.6 is 0 Å². The van der Waals surface area contributed by atoms with Crippen LogP contribution in [0.25, 0.3) is 16.6 Å². The molecule has 3 aromatic carbocycles. The van der Waals surface area contributed by atoms with Gasteiger partial charge in [0.25, 0.3) is 0 Å². The van der Waals surface area contributed by atoms with E-state index in [2.05, 4.69) is 5.10 Å². The minimum absolute atomic E-state index is 0.0949. The normalized spacial score (nSPS) is 13.1. The third-order valence-electron chi connectivity index (χ3n) is 5.04. The lowest BCUT2D eigenvalue weighted by molar-refractivity contribution is -0.119. The predicted octanol–water partition coefficient (Wildman–Crippen LogP) is 4.80. The number of carbonyl (C=O) groups is 1. The second kappa shape index (κ2) is 8.37. The van der Waals surface area contributed by atoms with Crippen LogP contribution in [0.2, 0.25) is 0 Å². The van der Waals surface area contributed by atoms with E-state index in [-0.39, 0.29) is 30.2 Å². The largest absolute Gasteiger partial charge is 0.485 e. The molecule has 0 fully saturated rings. The van der Waals surface area contributed by atoms with Crippen molar-refractivity contribution in [2.24, 2.45) is 11.7 Å². The Morgan fingerprint density at radius 3 is 2.53 bits per heavy atom. The second-order valence-corrected chi connectivity index (χ2v) is 7.35. The molecule has 2 N–H and O–H groups in total. The van der Waals surface area contributed by atoms with Crippen LogP contribution in [-0.4, -0.2) is 15.7 Å². The molecule has 2 atom stereocenters. The van der Waals surface area contributed by atoms with Crippen LogP contribution in [0.5, 0.6) is 5.75 Å². The van der Waals surface area contributed by atoms with Gasteiger partial charge in [-0.25, -0.2) is 9.07 Å². The Morgan fingerprint density at radius 1 is 1.10 bits per heavy atom. The molecule has 4 rings (SSSR count). The maximum absolute atomic E-state index is 13.2. The van der Waals surface area contributed by atoms with E-state index in [9.17, 15) is 9.18 Å². The van der Waals surface area contributed by atoms with Crippen molar-refractivity contribution < 1.29 is 13.9 Å². The molecule has 5 nitrogen and oxygen atoms in total. The number of ether oxygens (including phenoxy) is 1. The first-order valence-corrected chi connectivity index (χ1v) is 9.75. The Balaban J connectivity index is 1.64. The quantitative estimate of drug-likeness (QED) is 0.482. The topological polar surface area (TPSA) is 70.1 Å². The average molecular weight is 403 g/mol. The van der Waals surface area contributed by atoms with Crippen LogP contribution in [-0.2, 0) is 4.79 Å². The molecule has 1 amide bonds. The van der Waals surface area contributed by atoms with Crippen molar-refractivity contribution >= 4 is 16.8 Å². The van der Waals surface area contributed by atoms with Crippen LogP contribution in [0.15, 0.2) is 79.0 Å². The number of amides is 1. The summed E-state index contributed by atoms with van der Waals surface area (Å²) < 4.78 is 21.3. The van der Waals surface area contributed by atoms with Gasteiger partial charge in [-0.2, -0.15) is 5.10 Å². The van der Waals surface area contributed by atoms with Gasteiger partial charge in [-0.05, 0) is 48.0 Å². The Labute approximate surface area is 173 Å². The molecular weight excluding hydrogens is 381 g/mol. The highest BCUT2D eigenvalue weighted by Crippen LogP contribution is 2.32. The first-order valence-electron chi connectivity index (χ1n) is 9.75. The van der Waals surface area contributed by atoms with Crippen LogP contribution in [0.1, 0.15) is 25.0 Å². The number of hydrogen-bond donors (Lipinski definition) is 1. The zero-order valence-corrected chi connectivity index (χ0v) is 16.5. The first-order chi connectivity index (χ1) is 14.5. The van der Waals surface area contributed by atoms with E-state index in [0.717, 1.165) is 22.2 Å². The van der Waals surface area contributed by atoms with Gasteiger partial charge in [-0.3, -0.25) is 4.79 Å². The van der Waals surface area contributed by atoms with Crippen LogP contribution in [0, 0.1) is 11.7 Å². The predicted molar refractivity (Wildman–Crippen MR) is 114 cm³/mol. The third kappa shape index (κ3) is 4.17. The van der Waals surface area contributed by atoms with E-state index in [4.69, 9.17) is 10.5 Å². The minimum atomic E-state index is -0.358. The molecule has 152 valence electrons. The molecule has 0 saturated carbocycles. The van der Waals surface area contributed by atoms with Crippen molar-refractivity contribution in [3.8, 4) is 11.4 Å². The van der Waals surface area contributed by atoms with E-state index in [0.29, 0.717) is 5.75 Å². The van der Waals surface area contributed by atoms with E-state index in [1.54, 1.807) is 23.0 Å². The van der Waals surface area contributed by atoms with E-state index in [1.165, 1.54) is 12.1 Å². The van der Waals surface area contributed by atoms with E-state index >= 15 is 0 Å². The van der Waals surface area contributed by atoms with Gasteiger partial charge >= 0.3 is 0 Å². The van der Waals surface area contributed by atoms with Crippen LogP contribution in [0.4, 0.5) is 4.39 Å². The Bertz CT molecular complexity index is 1160. The summed E-state index contributed by atoms with van der Waals surface area (Å²) >= 11 is 0. The highest BCUT2D eigenvalue weighted by Gasteiger charge is 2.23. The zero-order chi connectivity index (χ0) is 21.1. The SMILES string of the molecule is CC(CC(N)=O)C(Oc1ccc2c(cnn2-c2ccc(F)cc2)c1)c1ccccc1. The number of halogens is 1. The van der Waals surface area contributed by atoms with Gasteiger partial charge in [0.1, 0.15) is 17.7 Å². The summed E-state index contributed by atoms with van der Waals surface area (Å²) in [6, 6.07) is 21.7. The highest BCUT2D eigenvalue weighted by molar-refractivity contribution is 5.81. The van der Waals surface area contributed by atoms with Crippen LogP contribution in [0.3, 0.4) is 0 Å². The standard InChI is InChI=1S/C24H22FN3O2/c1-16(13-23(26)29)24(17-5-3-2-4-6-17)30-21-11-12-22-18(14-21)15-27-28(22)20-9-7-19(25)8-10-20/h2-12,14-16,24H,13H2,1H3,(H2,26,29). The summed E-state index contributed by atoms with van der Waals surface area (Å²) in [5, 5.41) is 5.32. The summed E-state index contributed by atoms with van der Waals surface area (Å²) in [4.78, 5) is 11.5. The average Bonchev–Trinajstić information content (AvgIpc) is 3.16. The molecule has 0 spiro atoms. The molecule has 0 aliphatic rings. The van der Waals surface area contributed by atoms with Gasteiger partial charge < -0.3 is 10.5 Å². The summed E-state index contributed by atoms with van der Waals surface area (Å²) in [5.41, 5.74) is 8.06. The van der Waals surface area contributed by atoms with Gasteiger partial charge in [-0.1, -0.05) is 37.3 Å². The molecule has 4 aromatic rings. The molecular formula is C24H22FN3O2. The molecule has 1 aromatic heterocycles. The lowest BCUT2D eigenvalue weighted by Gasteiger charge is -2.25. The number of hydrogen-bond acceptors (Lipinski definition) is 3. The molecule has 1 heterocycles. The van der Waals surface area contributed by atoms with E-state index in [1.807, 2.05) is 55.5 Å². The molecule has 30 heavy (non-hydrogen) atoms. The number of carbonyl (C=O) groups excluding carboxylic acids is 1. The second-order valence-electron chi connectivity index (χ2n) is 7.35. The maximum atomic E-state index is 13.2. The Morgan fingerprint density at radius 2 is 1.83 bits per heavy atom. The zero-order valence-electron chi connectivity index (χ0n) is 16.5. The Kier molecular flexibility index (Phi) is 5.48. The van der Waals surface area contributed by atoms with Crippen LogP contribution < -0.4 is 10.5 Å². The van der Waals surface area contributed by atoms with Gasteiger partial charge in [0, 0.05) is 17.7 Å². The molecule has 0 bridgehead atoms. The molecule has 0 aliphatic carbocycles. The molecule has 0 radical (unpaired) electrons. The van der Waals surface area contributed by atoms with Gasteiger partial charge in [0.15, 0.2) is 0 Å². The number of nitrogens with two attached hydrogens (primary N) is 1. The summed E-state index contributed by atoms with van der Waals surface area (Å²) in [6.45, 7) is 1.95. The lowest BCUT2D eigenvalue weighted by Crippen LogP contribution is -2.23. The van der Waals surface area contributed by atoms with Gasteiger partial charge in [0.2, 0.25) is 5.91 Å². The summed E-state index contributed by atoms with van der Waals surface area (Å²) in [6.07, 6.45) is 1.66. The third-order valence-corrected chi connectivity index (χ3v) is 5.04. The van der Waals surface area contributed by atoms with Gasteiger partial charge in [0.05, 0.1) is 17.4 Å². The summed E-state index contributed by atoms with van der Waals surface area (Å²) in [7, 11) is 0. The lowest BCUT2D eigenvalue weighted by atomic mass is 9.94. The van der Waals surface area contributed by atoms with Crippen molar-refractivity contribution in [2.75, 3.05) is 0 Å². The highest BCUT2D eigenvalue weighted by atomic mass is 19.1. The minimum Gasteiger partial charge on any atom is -0.485 e. The molecule has 6 heteroatoms. The fraction of sp³-hybridized carbons (Fsp3) is 0.167. The fourth-order valence-corrected chi connectivity index (χ4v) is 3.60. The van der Waals surface area contributed by atoms with Crippen molar-refractivity contribution in [3.05, 3.63) is 90.4 Å². The van der Waals surface area contributed by atoms with Crippen molar-refractivity contribution in [1.29, 1.82) is 0 Å². The van der Waals surface area contributed by atoms with Crippen molar-refractivity contribution in [2.45, 2.75) is 19.4 Å². The Hall–Kier alpha value is -3.67. The number of fused-ring (bicyclic) bond motifs is 1. The van der Waals surface area contributed by atoms with Crippen molar-refractivity contribution in [3.63, 3.8) is 0 Å². The van der Waals surface area contributed by atoms with Crippen molar-refractivity contribution in [1.82, 2.24) is 9.78 Å². The monoisotopic (exact) mass is 403 g/mol. The molecule has 0 saturated heterocycles. The fourth-order valence-electron chi connectivity index (χ4n) is 3.60. The number of nitrogens with zero attached hydrogens (tertiary/aromatic N) is 2. The number of primary amides is 1. The first kappa shape index (κ1) is 19.6.